The zero-order chi connectivity index (χ0) is 13.2. The maximum Gasteiger partial charge on any atom is 0.492 e. The molecule has 0 fully saturated rings. The molecule has 1 aromatic rings. The topological polar surface area (TPSA) is 49.7 Å². The Morgan fingerprint density at radius 2 is 1.76 bits per heavy atom. The number of rotatable bonds is 3. The number of hydrogen-bond acceptors (Lipinski definition) is 3. The van der Waals surface area contributed by atoms with Gasteiger partial charge in [0.25, 0.3) is 0 Å². The molecule has 94 valence electrons. The zero-order valence-electron chi connectivity index (χ0n) is 11.2. The highest BCUT2D eigenvalue weighted by Crippen LogP contribution is 2.25. The van der Waals surface area contributed by atoms with E-state index in [1.54, 1.807) is 6.07 Å². The highest BCUT2D eigenvalue weighted by Gasteiger charge is 2.21. The van der Waals surface area contributed by atoms with E-state index in [9.17, 15) is 10.0 Å². The van der Waals surface area contributed by atoms with Crippen molar-refractivity contribution in [3.63, 3.8) is 0 Å². The second kappa shape index (κ2) is 5.25. The third kappa shape index (κ3) is 3.87. The maximum atomic E-state index is 9.30. The fraction of sp³-hybridized carbons (Fsp3) is 0.500. The fourth-order valence-electron chi connectivity index (χ4n) is 1.57. The van der Waals surface area contributed by atoms with Crippen molar-refractivity contribution in [2.24, 2.45) is 0 Å². The fourth-order valence-corrected chi connectivity index (χ4v) is 2.28. The van der Waals surface area contributed by atoms with Crippen LogP contribution in [0.15, 0.2) is 18.2 Å². The van der Waals surface area contributed by atoms with Crippen LogP contribution < -0.4 is 9.89 Å². The Labute approximate surface area is 105 Å². The first-order valence-corrected chi connectivity index (χ1v) is 8.67. The minimum absolute atomic E-state index is 0.0234. The van der Waals surface area contributed by atoms with E-state index in [2.05, 4.69) is 33.9 Å². The SMILES string of the molecule is C[SiH](C)Oc1cc(C(C)(C)C)ccc1B(O)O. The zero-order valence-corrected chi connectivity index (χ0v) is 12.3. The molecule has 0 spiro atoms. The largest absolute Gasteiger partial charge is 0.547 e. The van der Waals surface area contributed by atoms with Gasteiger partial charge in [0.05, 0.1) is 0 Å². The van der Waals surface area contributed by atoms with Crippen LogP contribution in [0.4, 0.5) is 0 Å². The summed E-state index contributed by atoms with van der Waals surface area (Å²) in [5, 5.41) is 18.6. The summed E-state index contributed by atoms with van der Waals surface area (Å²) in [5.74, 6) is 0.606. The number of benzene rings is 1. The van der Waals surface area contributed by atoms with Crippen LogP contribution in [-0.2, 0) is 5.41 Å². The van der Waals surface area contributed by atoms with Gasteiger partial charge in [-0.2, -0.15) is 0 Å². The van der Waals surface area contributed by atoms with Gasteiger partial charge < -0.3 is 14.5 Å². The Hall–Kier alpha value is -0.778. The third-order valence-corrected chi connectivity index (χ3v) is 3.25. The quantitative estimate of drug-likeness (QED) is 0.790. The molecule has 0 amide bonds. The molecule has 3 nitrogen and oxygen atoms in total. The minimum atomic E-state index is -1.48. The van der Waals surface area contributed by atoms with E-state index >= 15 is 0 Å². The van der Waals surface area contributed by atoms with Gasteiger partial charge in [-0.1, -0.05) is 32.9 Å². The lowest BCUT2D eigenvalue weighted by atomic mass is 9.77. The average molecular weight is 252 g/mol. The molecular formula is C12H21BO3Si. The van der Waals surface area contributed by atoms with Gasteiger partial charge in [-0.25, -0.2) is 0 Å². The van der Waals surface area contributed by atoms with Crippen molar-refractivity contribution in [3.05, 3.63) is 23.8 Å². The molecule has 0 bridgehead atoms. The van der Waals surface area contributed by atoms with Gasteiger partial charge in [-0.05, 0) is 30.1 Å². The molecule has 0 radical (unpaired) electrons. The third-order valence-electron chi connectivity index (χ3n) is 2.52. The van der Waals surface area contributed by atoms with Crippen LogP contribution in [0, 0.1) is 0 Å². The van der Waals surface area contributed by atoms with Crippen molar-refractivity contribution in [1.82, 2.24) is 0 Å². The predicted molar refractivity (Wildman–Crippen MR) is 74.5 cm³/mol. The lowest BCUT2D eigenvalue weighted by Crippen LogP contribution is -2.33. The van der Waals surface area contributed by atoms with E-state index in [1.807, 2.05) is 12.1 Å². The van der Waals surface area contributed by atoms with Crippen molar-refractivity contribution in [2.75, 3.05) is 0 Å². The molecule has 1 rings (SSSR count). The lowest BCUT2D eigenvalue weighted by Gasteiger charge is -2.22. The van der Waals surface area contributed by atoms with E-state index < -0.39 is 16.2 Å². The summed E-state index contributed by atoms with van der Waals surface area (Å²) in [7, 11) is -2.74. The summed E-state index contributed by atoms with van der Waals surface area (Å²) in [6.07, 6.45) is 0. The van der Waals surface area contributed by atoms with E-state index in [-0.39, 0.29) is 5.41 Å². The number of hydrogen-bond donors (Lipinski definition) is 2. The van der Waals surface area contributed by atoms with Crippen molar-refractivity contribution < 1.29 is 14.5 Å². The molecule has 0 unspecified atom stereocenters. The molecule has 5 heteroatoms. The molecule has 17 heavy (non-hydrogen) atoms. The molecule has 0 saturated heterocycles. The summed E-state index contributed by atoms with van der Waals surface area (Å²) in [6, 6.07) is 5.57. The summed E-state index contributed by atoms with van der Waals surface area (Å²) >= 11 is 0. The molecule has 0 heterocycles. The van der Waals surface area contributed by atoms with Crippen LogP contribution in [-0.4, -0.2) is 26.2 Å². The van der Waals surface area contributed by atoms with Crippen molar-refractivity contribution in [1.29, 1.82) is 0 Å². The van der Waals surface area contributed by atoms with Gasteiger partial charge in [0.1, 0.15) is 5.75 Å². The molecule has 1 aromatic carbocycles. The van der Waals surface area contributed by atoms with Gasteiger partial charge in [0, 0.05) is 5.46 Å². The predicted octanol–water partition coefficient (Wildman–Crippen LogP) is 1.03. The maximum absolute atomic E-state index is 9.30. The highest BCUT2D eigenvalue weighted by atomic mass is 28.3. The Morgan fingerprint density at radius 1 is 1.18 bits per heavy atom. The van der Waals surface area contributed by atoms with Crippen molar-refractivity contribution in [2.45, 2.75) is 39.3 Å². The average Bonchev–Trinajstić information content (AvgIpc) is 2.14. The van der Waals surface area contributed by atoms with Crippen LogP contribution in [0.3, 0.4) is 0 Å². The summed E-state index contributed by atoms with van der Waals surface area (Å²) in [4.78, 5) is 0. The Bertz CT molecular complexity index is 386. The van der Waals surface area contributed by atoms with E-state index in [0.717, 1.165) is 5.56 Å². The van der Waals surface area contributed by atoms with Crippen LogP contribution >= 0.6 is 0 Å². The molecule has 0 aromatic heterocycles. The molecular weight excluding hydrogens is 231 g/mol. The van der Waals surface area contributed by atoms with Gasteiger partial charge in [-0.3, -0.25) is 0 Å². The monoisotopic (exact) mass is 252 g/mol. The summed E-state index contributed by atoms with van der Waals surface area (Å²) < 4.78 is 5.76. The lowest BCUT2D eigenvalue weighted by molar-refractivity contribution is 0.423. The van der Waals surface area contributed by atoms with Crippen molar-refractivity contribution in [3.8, 4) is 5.75 Å². The Morgan fingerprint density at radius 3 is 2.18 bits per heavy atom. The molecule has 0 atom stereocenters. The second-order valence-electron chi connectivity index (χ2n) is 5.54. The van der Waals surface area contributed by atoms with E-state index in [1.165, 1.54) is 0 Å². The van der Waals surface area contributed by atoms with Gasteiger partial charge in [0.2, 0.25) is 9.04 Å². The standard InChI is InChI=1S/C12H21BO3Si/c1-12(2,3)9-6-7-10(13(14)15)11(8-9)16-17(4)5/h6-8,14-15,17H,1-5H3. The first-order chi connectivity index (χ1) is 7.71. The summed E-state index contributed by atoms with van der Waals surface area (Å²) in [6.45, 7) is 10.5. The smallest absolute Gasteiger partial charge is 0.492 e. The molecule has 0 saturated carbocycles. The first-order valence-electron chi connectivity index (χ1n) is 5.89. The molecule has 0 aliphatic carbocycles. The second-order valence-corrected chi connectivity index (χ2v) is 7.88. The van der Waals surface area contributed by atoms with E-state index in [4.69, 9.17) is 4.43 Å². The normalized spacial score (nSPS) is 11.8. The van der Waals surface area contributed by atoms with Crippen LogP contribution in [0.25, 0.3) is 0 Å². The van der Waals surface area contributed by atoms with Crippen molar-refractivity contribution >= 4 is 21.6 Å². The van der Waals surface area contributed by atoms with E-state index in [0.29, 0.717) is 11.2 Å². The first kappa shape index (κ1) is 14.3. The van der Waals surface area contributed by atoms with Gasteiger partial charge >= 0.3 is 7.12 Å². The minimum Gasteiger partial charge on any atom is -0.547 e. The van der Waals surface area contributed by atoms with Crippen LogP contribution in [0.2, 0.25) is 13.1 Å². The van der Waals surface area contributed by atoms with Crippen LogP contribution in [0.1, 0.15) is 26.3 Å². The summed E-state index contributed by atoms with van der Waals surface area (Å²) in [5.41, 5.74) is 1.60. The van der Waals surface area contributed by atoms with Gasteiger partial charge in [-0.15, -0.1) is 0 Å². The van der Waals surface area contributed by atoms with Crippen LogP contribution in [0.5, 0.6) is 5.75 Å². The highest BCUT2D eigenvalue weighted by molar-refractivity contribution is 6.60. The Kier molecular flexibility index (Phi) is 4.41. The Balaban J connectivity index is 3.19. The molecule has 0 aliphatic heterocycles. The molecule has 0 aliphatic rings. The molecule has 2 N–H and O–H groups in total. The van der Waals surface area contributed by atoms with Gasteiger partial charge in [0.15, 0.2) is 0 Å².